The van der Waals surface area contributed by atoms with Crippen molar-refractivity contribution in [3.8, 4) is 0 Å². The quantitative estimate of drug-likeness (QED) is 0.345. The number of hydrogen-bond acceptors (Lipinski definition) is 4. The first-order chi connectivity index (χ1) is 11.8. The summed E-state index contributed by atoms with van der Waals surface area (Å²) in [7, 11) is 0. The smallest absolute Gasteiger partial charge is 0.251 e. The molecule has 1 fully saturated rings. The maximum Gasteiger partial charge on any atom is 0.251 e. The number of rotatable bonds is 7. The fourth-order valence-electron chi connectivity index (χ4n) is 2.52. The van der Waals surface area contributed by atoms with Crippen LogP contribution < -0.4 is 10.6 Å². The molecule has 1 heterocycles. The SMILES string of the molecule is C=N/C(NC1(C)CC1)=C(\C)C(C(=O)NCc1ccc(F)nc1)=C(C)C. The van der Waals surface area contributed by atoms with Crippen molar-refractivity contribution in [2.75, 3.05) is 0 Å². The molecule has 6 heteroatoms. The third kappa shape index (κ3) is 4.98. The summed E-state index contributed by atoms with van der Waals surface area (Å²) in [5.74, 6) is -0.110. The molecule has 25 heavy (non-hydrogen) atoms. The normalized spacial score (nSPS) is 15.7. The molecule has 0 bridgehead atoms. The Morgan fingerprint density at radius 3 is 2.52 bits per heavy atom. The van der Waals surface area contributed by atoms with Crippen molar-refractivity contribution in [2.45, 2.75) is 52.6 Å². The van der Waals surface area contributed by atoms with Crippen LogP contribution in [0.5, 0.6) is 0 Å². The van der Waals surface area contributed by atoms with Crippen LogP contribution >= 0.6 is 0 Å². The van der Waals surface area contributed by atoms with Crippen LogP contribution in [0.2, 0.25) is 0 Å². The first-order valence-corrected chi connectivity index (χ1v) is 8.28. The maximum absolute atomic E-state index is 12.9. The fourth-order valence-corrected chi connectivity index (χ4v) is 2.52. The molecule has 134 valence electrons. The molecule has 0 aromatic carbocycles. The van der Waals surface area contributed by atoms with Crippen LogP contribution in [0.25, 0.3) is 0 Å². The Bertz CT molecular complexity index is 726. The van der Waals surface area contributed by atoms with Gasteiger partial charge in [0.05, 0.1) is 0 Å². The molecule has 0 spiro atoms. The van der Waals surface area contributed by atoms with E-state index in [1.165, 1.54) is 12.3 Å². The highest BCUT2D eigenvalue weighted by Gasteiger charge is 2.38. The molecule has 0 saturated heterocycles. The van der Waals surface area contributed by atoms with Gasteiger partial charge in [-0.2, -0.15) is 4.39 Å². The predicted molar refractivity (Wildman–Crippen MR) is 97.4 cm³/mol. The van der Waals surface area contributed by atoms with Gasteiger partial charge in [0.1, 0.15) is 5.82 Å². The van der Waals surface area contributed by atoms with E-state index in [0.717, 1.165) is 29.6 Å². The van der Waals surface area contributed by atoms with E-state index in [1.54, 1.807) is 6.07 Å². The Morgan fingerprint density at radius 1 is 1.36 bits per heavy atom. The van der Waals surface area contributed by atoms with Gasteiger partial charge in [0.2, 0.25) is 5.95 Å². The van der Waals surface area contributed by atoms with Crippen molar-refractivity contribution in [2.24, 2.45) is 4.99 Å². The second-order valence-electron chi connectivity index (χ2n) is 6.86. The van der Waals surface area contributed by atoms with Gasteiger partial charge in [0, 0.05) is 29.4 Å². The van der Waals surface area contributed by atoms with Crippen LogP contribution in [0.15, 0.2) is 45.9 Å². The zero-order valence-corrected chi connectivity index (χ0v) is 15.2. The highest BCUT2D eigenvalue weighted by Crippen LogP contribution is 2.36. The number of nitrogens with zero attached hydrogens (tertiary/aromatic N) is 2. The molecule has 2 N–H and O–H groups in total. The molecule has 1 aliphatic carbocycles. The van der Waals surface area contributed by atoms with Gasteiger partial charge in [0.15, 0.2) is 0 Å². The van der Waals surface area contributed by atoms with Gasteiger partial charge < -0.3 is 10.6 Å². The molecule has 0 aliphatic heterocycles. The van der Waals surface area contributed by atoms with Gasteiger partial charge in [-0.3, -0.25) is 4.79 Å². The summed E-state index contributed by atoms with van der Waals surface area (Å²) in [4.78, 5) is 20.3. The Hall–Kier alpha value is -2.50. The minimum Gasteiger partial charge on any atom is -0.365 e. The number of carbonyl (C=O) groups is 1. The average Bonchev–Trinajstić information content (AvgIpc) is 3.29. The summed E-state index contributed by atoms with van der Waals surface area (Å²) in [5, 5.41) is 6.23. The minimum absolute atomic E-state index is 0.0425. The molecule has 0 atom stereocenters. The summed E-state index contributed by atoms with van der Waals surface area (Å²) in [6, 6.07) is 2.87. The molecular formula is C19H25FN4O. The molecule has 2 rings (SSSR count). The van der Waals surface area contributed by atoms with Crippen molar-refractivity contribution in [3.05, 3.63) is 52.4 Å². The van der Waals surface area contributed by atoms with E-state index in [-0.39, 0.29) is 18.0 Å². The molecular weight excluding hydrogens is 319 g/mol. The highest BCUT2D eigenvalue weighted by atomic mass is 19.1. The van der Waals surface area contributed by atoms with Gasteiger partial charge in [0.25, 0.3) is 5.91 Å². The van der Waals surface area contributed by atoms with E-state index >= 15 is 0 Å². The first kappa shape index (κ1) is 18.8. The summed E-state index contributed by atoms with van der Waals surface area (Å²) < 4.78 is 12.9. The third-order valence-corrected chi connectivity index (χ3v) is 4.28. The Morgan fingerprint density at radius 2 is 2.04 bits per heavy atom. The van der Waals surface area contributed by atoms with Gasteiger partial charge in [-0.05, 0) is 58.9 Å². The molecule has 1 saturated carbocycles. The topological polar surface area (TPSA) is 66.4 Å². The van der Waals surface area contributed by atoms with E-state index in [1.807, 2.05) is 20.8 Å². The van der Waals surface area contributed by atoms with Crippen molar-refractivity contribution in [1.82, 2.24) is 15.6 Å². The lowest BCUT2D eigenvalue weighted by Crippen LogP contribution is -2.30. The van der Waals surface area contributed by atoms with Crippen LogP contribution in [0.3, 0.4) is 0 Å². The molecule has 1 aromatic rings. The number of halogens is 1. The third-order valence-electron chi connectivity index (χ3n) is 4.28. The number of amides is 1. The van der Waals surface area contributed by atoms with Crippen molar-refractivity contribution in [3.63, 3.8) is 0 Å². The van der Waals surface area contributed by atoms with Crippen molar-refractivity contribution in [1.29, 1.82) is 0 Å². The number of allylic oxidation sites excluding steroid dienone is 1. The summed E-state index contributed by atoms with van der Waals surface area (Å²) in [6.07, 6.45) is 3.56. The maximum atomic E-state index is 12.9. The van der Waals surface area contributed by atoms with E-state index in [9.17, 15) is 9.18 Å². The van der Waals surface area contributed by atoms with Crippen LogP contribution in [-0.2, 0) is 11.3 Å². The lowest BCUT2D eigenvalue weighted by molar-refractivity contribution is -0.117. The zero-order valence-electron chi connectivity index (χ0n) is 15.2. The number of aromatic nitrogens is 1. The van der Waals surface area contributed by atoms with Crippen LogP contribution in [0.4, 0.5) is 4.39 Å². The van der Waals surface area contributed by atoms with E-state index < -0.39 is 5.95 Å². The monoisotopic (exact) mass is 344 g/mol. The van der Waals surface area contributed by atoms with E-state index in [0.29, 0.717) is 11.4 Å². The standard InChI is InChI=1S/C19H25FN4O/c1-12(2)16(13(3)17(21-5)24-19(4)8-9-19)18(25)23-11-14-6-7-15(20)22-10-14/h6-7,10,24H,5,8-9,11H2,1-4H3,(H,23,25)/b17-13-. The zero-order chi connectivity index (χ0) is 18.6. The van der Waals surface area contributed by atoms with Gasteiger partial charge >= 0.3 is 0 Å². The highest BCUT2D eigenvalue weighted by molar-refractivity contribution is 5.98. The Kier molecular flexibility index (Phi) is 5.72. The number of hydrogen-bond donors (Lipinski definition) is 2. The number of nitrogens with one attached hydrogen (secondary N) is 2. The first-order valence-electron chi connectivity index (χ1n) is 8.28. The van der Waals surface area contributed by atoms with Gasteiger partial charge in [-0.15, -0.1) is 0 Å². The molecule has 1 amide bonds. The lowest BCUT2D eigenvalue weighted by Gasteiger charge is -2.18. The van der Waals surface area contributed by atoms with Crippen LogP contribution in [-0.4, -0.2) is 23.1 Å². The van der Waals surface area contributed by atoms with E-state index in [4.69, 9.17) is 0 Å². The average molecular weight is 344 g/mol. The van der Waals surface area contributed by atoms with Crippen LogP contribution in [0, 0.1) is 5.95 Å². The Labute approximate surface area is 148 Å². The summed E-state index contributed by atoms with van der Waals surface area (Å²) in [6.45, 7) is 11.7. The van der Waals surface area contributed by atoms with Crippen molar-refractivity contribution >= 4 is 12.6 Å². The molecule has 1 aromatic heterocycles. The van der Waals surface area contributed by atoms with Crippen molar-refractivity contribution < 1.29 is 9.18 Å². The van der Waals surface area contributed by atoms with Gasteiger partial charge in [-0.25, -0.2) is 9.98 Å². The predicted octanol–water partition coefficient (Wildman–Crippen LogP) is 3.25. The van der Waals surface area contributed by atoms with Gasteiger partial charge in [-0.1, -0.05) is 11.6 Å². The fraction of sp³-hybridized carbons (Fsp3) is 0.421. The number of pyridine rings is 1. The van der Waals surface area contributed by atoms with Crippen LogP contribution in [0.1, 0.15) is 46.1 Å². The summed E-state index contributed by atoms with van der Waals surface area (Å²) >= 11 is 0. The second kappa shape index (κ2) is 7.59. The summed E-state index contributed by atoms with van der Waals surface area (Å²) in [5.41, 5.74) is 3.00. The van der Waals surface area contributed by atoms with E-state index in [2.05, 4.69) is 34.3 Å². The lowest BCUT2D eigenvalue weighted by atomic mass is 10.0. The second-order valence-corrected chi connectivity index (χ2v) is 6.86. The molecule has 0 radical (unpaired) electrons. The largest absolute Gasteiger partial charge is 0.365 e. The molecule has 1 aliphatic rings. The Balaban J connectivity index is 2.15. The molecule has 0 unspecified atom stereocenters. The number of aliphatic imine (C=N–C) groups is 1. The molecule has 5 nitrogen and oxygen atoms in total. The number of carbonyl (C=O) groups excluding carboxylic acids is 1. The minimum atomic E-state index is -0.541.